The number of hydrogen-bond acceptors (Lipinski definition) is 3. The van der Waals surface area contributed by atoms with E-state index in [0.717, 1.165) is 17.5 Å². The van der Waals surface area contributed by atoms with Crippen LogP contribution in [0.2, 0.25) is 5.02 Å². The topological polar surface area (TPSA) is 68.1 Å². The SMILES string of the molecule is N[C@]1(c2ccc(C(F)(F)F)cc2)CC[C@@H](Oc2cc3cc[nH]c(=O)c3cc2Cl)CC1. The lowest BCUT2D eigenvalue weighted by atomic mass is 9.76. The molecule has 0 atom stereocenters. The first kappa shape index (κ1) is 20.8. The maximum atomic E-state index is 12.8. The highest BCUT2D eigenvalue weighted by Gasteiger charge is 2.36. The molecule has 0 saturated heterocycles. The zero-order valence-corrected chi connectivity index (χ0v) is 16.7. The summed E-state index contributed by atoms with van der Waals surface area (Å²) in [6.45, 7) is 0. The molecule has 1 aliphatic rings. The van der Waals surface area contributed by atoms with Crippen molar-refractivity contribution in [3.63, 3.8) is 0 Å². The average Bonchev–Trinajstić information content (AvgIpc) is 2.71. The van der Waals surface area contributed by atoms with Gasteiger partial charge in [-0.15, -0.1) is 0 Å². The predicted octanol–water partition coefficient (Wildman–Crippen LogP) is 5.38. The Labute approximate surface area is 175 Å². The molecule has 2 aromatic carbocycles. The van der Waals surface area contributed by atoms with E-state index in [1.807, 2.05) is 0 Å². The van der Waals surface area contributed by atoms with E-state index in [9.17, 15) is 18.0 Å². The van der Waals surface area contributed by atoms with E-state index < -0.39 is 17.3 Å². The summed E-state index contributed by atoms with van der Waals surface area (Å²) < 4.78 is 44.4. The smallest absolute Gasteiger partial charge is 0.416 e. The molecule has 30 heavy (non-hydrogen) atoms. The van der Waals surface area contributed by atoms with Gasteiger partial charge in [0, 0.05) is 17.1 Å². The minimum Gasteiger partial charge on any atom is -0.489 e. The lowest BCUT2D eigenvalue weighted by Crippen LogP contribution is -2.42. The standard InChI is InChI=1S/C22H20ClF3N2O2/c23-18-12-17-13(7-10-28-20(17)29)11-19(18)30-16-5-8-21(27,9-6-16)14-1-3-15(4-2-14)22(24,25)26/h1-4,7,10-12,16H,5-6,8-9,27H2,(H,28,29)/t16-,21-. The van der Waals surface area contributed by atoms with Crippen molar-refractivity contribution in [2.24, 2.45) is 5.73 Å². The van der Waals surface area contributed by atoms with E-state index in [-0.39, 0.29) is 11.7 Å². The summed E-state index contributed by atoms with van der Waals surface area (Å²) in [5, 5.41) is 1.57. The first-order valence-electron chi connectivity index (χ1n) is 9.60. The van der Waals surface area contributed by atoms with Gasteiger partial charge in [-0.2, -0.15) is 13.2 Å². The zero-order valence-electron chi connectivity index (χ0n) is 15.9. The van der Waals surface area contributed by atoms with Gasteiger partial charge in [0.1, 0.15) is 5.75 Å². The van der Waals surface area contributed by atoms with E-state index in [2.05, 4.69) is 4.98 Å². The Hall–Kier alpha value is -2.51. The molecule has 0 amide bonds. The molecule has 158 valence electrons. The number of fused-ring (bicyclic) bond motifs is 1. The average molecular weight is 437 g/mol. The maximum Gasteiger partial charge on any atom is 0.416 e. The molecule has 1 aliphatic carbocycles. The Morgan fingerprint density at radius 3 is 2.40 bits per heavy atom. The molecule has 3 aromatic rings. The van der Waals surface area contributed by atoms with Crippen LogP contribution in [0, 0.1) is 0 Å². The Balaban J connectivity index is 1.46. The summed E-state index contributed by atoms with van der Waals surface area (Å²) in [6, 6.07) is 10.2. The summed E-state index contributed by atoms with van der Waals surface area (Å²) >= 11 is 6.30. The molecular formula is C22H20ClF3N2O2. The van der Waals surface area contributed by atoms with Crippen LogP contribution in [0.5, 0.6) is 5.75 Å². The fourth-order valence-corrected chi connectivity index (χ4v) is 4.17. The van der Waals surface area contributed by atoms with Gasteiger partial charge in [-0.1, -0.05) is 23.7 Å². The quantitative estimate of drug-likeness (QED) is 0.579. The lowest BCUT2D eigenvalue weighted by molar-refractivity contribution is -0.137. The van der Waals surface area contributed by atoms with E-state index in [1.165, 1.54) is 12.1 Å². The van der Waals surface area contributed by atoms with Crippen LogP contribution >= 0.6 is 11.6 Å². The van der Waals surface area contributed by atoms with Gasteiger partial charge in [0.2, 0.25) is 0 Å². The molecule has 0 radical (unpaired) electrons. The molecule has 1 aromatic heterocycles. The Morgan fingerprint density at radius 1 is 1.10 bits per heavy atom. The number of alkyl halides is 3. The molecule has 8 heteroatoms. The van der Waals surface area contributed by atoms with Gasteiger partial charge in [0.15, 0.2) is 0 Å². The highest BCUT2D eigenvalue weighted by Crippen LogP contribution is 2.39. The number of nitrogens with two attached hydrogens (primary N) is 1. The number of pyridine rings is 1. The molecule has 1 saturated carbocycles. The van der Waals surface area contributed by atoms with E-state index in [0.29, 0.717) is 47.4 Å². The van der Waals surface area contributed by atoms with E-state index in [4.69, 9.17) is 22.1 Å². The van der Waals surface area contributed by atoms with Crippen molar-refractivity contribution in [3.8, 4) is 5.75 Å². The molecule has 1 heterocycles. The van der Waals surface area contributed by atoms with Gasteiger partial charge in [0.25, 0.3) is 5.56 Å². The number of benzene rings is 2. The van der Waals surface area contributed by atoms with Gasteiger partial charge in [-0.3, -0.25) is 4.79 Å². The minimum atomic E-state index is -4.37. The van der Waals surface area contributed by atoms with Crippen molar-refractivity contribution >= 4 is 22.4 Å². The first-order chi connectivity index (χ1) is 14.2. The number of H-pyrrole nitrogens is 1. The third-order valence-corrected chi connectivity index (χ3v) is 6.03. The highest BCUT2D eigenvalue weighted by atomic mass is 35.5. The third-order valence-electron chi connectivity index (χ3n) is 5.73. The van der Waals surface area contributed by atoms with Crippen LogP contribution in [0.25, 0.3) is 10.8 Å². The van der Waals surface area contributed by atoms with Crippen molar-refractivity contribution in [2.75, 3.05) is 0 Å². The molecule has 0 unspecified atom stereocenters. The van der Waals surface area contributed by atoms with Crippen molar-refractivity contribution in [1.82, 2.24) is 4.98 Å². The first-order valence-corrected chi connectivity index (χ1v) is 9.98. The van der Waals surface area contributed by atoms with Crippen LogP contribution in [0.15, 0.2) is 53.5 Å². The fourth-order valence-electron chi connectivity index (χ4n) is 3.96. The summed E-state index contributed by atoms with van der Waals surface area (Å²) in [6.07, 6.45) is -0.483. The lowest BCUT2D eigenvalue weighted by Gasteiger charge is -2.37. The fraction of sp³-hybridized carbons (Fsp3) is 0.318. The number of rotatable bonds is 3. The van der Waals surface area contributed by atoms with Gasteiger partial charge in [0.05, 0.1) is 16.7 Å². The molecule has 0 aliphatic heterocycles. The number of halogens is 4. The predicted molar refractivity (Wildman–Crippen MR) is 110 cm³/mol. The third kappa shape index (κ3) is 4.04. The Kier molecular flexibility index (Phi) is 5.28. The second-order valence-electron chi connectivity index (χ2n) is 7.73. The van der Waals surface area contributed by atoms with Crippen molar-refractivity contribution < 1.29 is 17.9 Å². The molecule has 0 spiro atoms. The maximum absolute atomic E-state index is 12.8. The van der Waals surface area contributed by atoms with E-state index in [1.54, 1.807) is 24.4 Å². The van der Waals surface area contributed by atoms with Gasteiger partial charge in [-0.05, 0) is 67.0 Å². The largest absolute Gasteiger partial charge is 0.489 e. The molecule has 3 N–H and O–H groups in total. The zero-order chi connectivity index (χ0) is 21.5. The number of aromatic amines is 1. The summed E-state index contributed by atoms with van der Waals surface area (Å²) in [5.41, 5.74) is 5.61. The van der Waals surface area contributed by atoms with Crippen LogP contribution in [-0.2, 0) is 11.7 Å². The number of aromatic nitrogens is 1. The highest BCUT2D eigenvalue weighted by molar-refractivity contribution is 6.32. The number of nitrogens with one attached hydrogen (secondary N) is 1. The molecular weight excluding hydrogens is 417 g/mol. The summed E-state index contributed by atoms with van der Waals surface area (Å²) in [5.74, 6) is 0.499. The second-order valence-corrected chi connectivity index (χ2v) is 8.13. The van der Waals surface area contributed by atoms with E-state index >= 15 is 0 Å². The van der Waals surface area contributed by atoms with Crippen molar-refractivity contribution in [3.05, 3.63) is 75.2 Å². The van der Waals surface area contributed by atoms with Gasteiger partial charge >= 0.3 is 6.18 Å². The molecule has 0 bridgehead atoms. The number of hydrogen-bond donors (Lipinski definition) is 2. The minimum absolute atomic E-state index is 0.118. The summed E-state index contributed by atoms with van der Waals surface area (Å²) in [7, 11) is 0. The second kappa shape index (κ2) is 7.63. The van der Waals surface area contributed by atoms with Gasteiger partial charge in [-0.25, -0.2) is 0 Å². The number of ether oxygens (including phenoxy) is 1. The van der Waals surface area contributed by atoms with Crippen LogP contribution in [0.4, 0.5) is 13.2 Å². The molecule has 4 nitrogen and oxygen atoms in total. The van der Waals surface area contributed by atoms with Crippen molar-refractivity contribution in [2.45, 2.75) is 43.5 Å². The molecule has 1 fully saturated rings. The Morgan fingerprint density at radius 2 is 1.77 bits per heavy atom. The van der Waals surface area contributed by atoms with Crippen LogP contribution in [-0.4, -0.2) is 11.1 Å². The van der Waals surface area contributed by atoms with Crippen molar-refractivity contribution in [1.29, 1.82) is 0 Å². The monoisotopic (exact) mass is 436 g/mol. The normalized spacial score (nSPS) is 22.2. The van der Waals surface area contributed by atoms with Crippen LogP contribution in [0.3, 0.4) is 0 Å². The summed E-state index contributed by atoms with van der Waals surface area (Å²) in [4.78, 5) is 14.5. The van der Waals surface area contributed by atoms with Crippen LogP contribution in [0.1, 0.15) is 36.8 Å². The Bertz CT molecular complexity index is 1120. The van der Waals surface area contributed by atoms with Gasteiger partial charge < -0.3 is 15.5 Å². The van der Waals surface area contributed by atoms with Crippen LogP contribution < -0.4 is 16.0 Å². The molecule has 4 rings (SSSR count).